The van der Waals surface area contributed by atoms with Gasteiger partial charge in [-0.25, -0.2) is 0 Å². The van der Waals surface area contributed by atoms with E-state index in [4.69, 9.17) is 9.15 Å². The highest BCUT2D eigenvalue weighted by Gasteiger charge is 2.14. The number of nitrogens with one attached hydrogen (secondary N) is 1. The van der Waals surface area contributed by atoms with E-state index in [9.17, 15) is 4.79 Å². The molecule has 1 atom stereocenters. The van der Waals surface area contributed by atoms with Gasteiger partial charge in [0.25, 0.3) is 5.22 Å². The Balaban J connectivity index is 1.54. The fourth-order valence-corrected chi connectivity index (χ4v) is 3.22. The number of thioether (sulfide) groups is 1. The van der Waals surface area contributed by atoms with Crippen LogP contribution in [0.4, 0.5) is 0 Å². The SMILES string of the molecule is COc1ccc(-c2nnc(SCC(=O)N[C@H](C)c3ccc(C)c(C)c3)o2)cc1. The Morgan fingerprint density at radius 1 is 1.14 bits per heavy atom. The van der Waals surface area contributed by atoms with E-state index in [0.717, 1.165) is 16.9 Å². The van der Waals surface area contributed by atoms with E-state index in [1.54, 1.807) is 7.11 Å². The van der Waals surface area contributed by atoms with Crippen LogP contribution in [0.15, 0.2) is 52.1 Å². The molecule has 0 bridgehead atoms. The third kappa shape index (κ3) is 4.92. The molecule has 0 aliphatic heterocycles. The fourth-order valence-electron chi connectivity index (χ4n) is 2.65. The number of ether oxygens (including phenoxy) is 1. The van der Waals surface area contributed by atoms with Crippen molar-refractivity contribution in [1.82, 2.24) is 15.5 Å². The summed E-state index contributed by atoms with van der Waals surface area (Å²) in [6.45, 7) is 6.12. The molecule has 0 saturated heterocycles. The summed E-state index contributed by atoms with van der Waals surface area (Å²) in [5, 5.41) is 11.4. The van der Waals surface area contributed by atoms with Gasteiger partial charge in [-0.2, -0.15) is 0 Å². The number of carbonyl (C=O) groups is 1. The number of hydrogen-bond donors (Lipinski definition) is 1. The van der Waals surface area contributed by atoms with Crippen molar-refractivity contribution in [2.75, 3.05) is 12.9 Å². The van der Waals surface area contributed by atoms with Crippen LogP contribution in [0.25, 0.3) is 11.5 Å². The lowest BCUT2D eigenvalue weighted by molar-refractivity contribution is -0.119. The second-order valence-corrected chi connectivity index (χ2v) is 7.45. The highest BCUT2D eigenvalue weighted by atomic mass is 32.2. The van der Waals surface area contributed by atoms with Crippen molar-refractivity contribution in [2.45, 2.75) is 32.0 Å². The van der Waals surface area contributed by atoms with E-state index in [0.29, 0.717) is 11.1 Å². The van der Waals surface area contributed by atoms with Crippen LogP contribution >= 0.6 is 11.8 Å². The molecule has 6 nitrogen and oxygen atoms in total. The summed E-state index contributed by atoms with van der Waals surface area (Å²) in [5.41, 5.74) is 4.33. The molecule has 0 aliphatic carbocycles. The first-order chi connectivity index (χ1) is 13.5. The van der Waals surface area contributed by atoms with Crippen molar-refractivity contribution in [3.8, 4) is 17.2 Å². The molecule has 146 valence electrons. The van der Waals surface area contributed by atoms with Crippen LogP contribution in [-0.2, 0) is 4.79 Å². The van der Waals surface area contributed by atoms with Gasteiger partial charge >= 0.3 is 0 Å². The first kappa shape index (κ1) is 19.9. The van der Waals surface area contributed by atoms with Crippen LogP contribution in [0.1, 0.15) is 29.7 Å². The van der Waals surface area contributed by atoms with Crippen LogP contribution in [0.5, 0.6) is 5.75 Å². The van der Waals surface area contributed by atoms with Crippen LogP contribution in [0, 0.1) is 13.8 Å². The molecule has 0 unspecified atom stereocenters. The van der Waals surface area contributed by atoms with Gasteiger partial charge in [-0.3, -0.25) is 4.79 Å². The normalized spacial score (nSPS) is 11.9. The molecule has 0 radical (unpaired) electrons. The third-order valence-electron chi connectivity index (χ3n) is 4.48. The summed E-state index contributed by atoms with van der Waals surface area (Å²) in [6.07, 6.45) is 0. The lowest BCUT2D eigenvalue weighted by Gasteiger charge is -2.15. The van der Waals surface area contributed by atoms with Gasteiger partial charge < -0.3 is 14.5 Å². The number of hydrogen-bond acceptors (Lipinski definition) is 6. The number of benzene rings is 2. The van der Waals surface area contributed by atoms with Gasteiger partial charge in [0.1, 0.15) is 5.75 Å². The van der Waals surface area contributed by atoms with E-state index < -0.39 is 0 Å². The molecule has 3 aromatic rings. The van der Waals surface area contributed by atoms with E-state index >= 15 is 0 Å². The highest BCUT2D eigenvalue weighted by molar-refractivity contribution is 7.99. The maximum absolute atomic E-state index is 12.3. The number of methoxy groups -OCH3 is 1. The standard InChI is InChI=1S/C21H23N3O3S/c1-13-5-6-17(11-14(13)2)15(3)22-19(25)12-28-21-24-23-20(27-21)16-7-9-18(26-4)10-8-16/h5-11,15H,12H2,1-4H3,(H,22,25)/t15-/m1/s1. The zero-order valence-electron chi connectivity index (χ0n) is 16.4. The minimum atomic E-state index is -0.0834. The van der Waals surface area contributed by atoms with Gasteiger partial charge in [-0.15, -0.1) is 10.2 Å². The predicted octanol–water partition coefficient (Wildman–Crippen LogP) is 4.33. The lowest BCUT2D eigenvalue weighted by atomic mass is 10.0. The molecule has 0 saturated carbocycles. The van der Waals surface area contributed by atoms with Gasteiger partial charge in [-0.1, -0.05) is 30.0 Å². The number of amides is 1. The Hall–Kier alpha value is -2.80. The lowest BCUT2D eigenvalue weighted by Crippen LogP contribution is -2.28. The molecule has 1 heterocycles. The van der Waals surface area contributed by atoms with Crippen molar-refractivity contribution in [3.63, 3.8) is 0 Å². The zero-order chi connectivity index (χ0) is 20.1. The van der Waals surface area contributed by atoms with Crippen molar-refractivity contribution in [1.29, 1.82) is 0 Å². The van der Waals surface area contributed by atoms with Gasteiger partial charge in [0.05, 0.1) is 18.9 Å². The Bertz CT molecular complexity index is 954. The quantitative estimate of drug-likeness (QED) is 0.598. The molecule has 1 N–H and O–H groups in total. The molecule has 7 heteroatoms. The van der Waals surface area contributed by atoms with E-state index in [-0.39, 0.29) is 17.7 Å². The van der Waals surface area contributed by atoms with Crippen LogP contribution in [-0.4, -0.2) is 29.0 Å². The van der Waals surface area contributed by atoms with E-state index in [1.165, 1.54) is 22.9 Å². The second kappa shape index (κ2) is 8.93. The Labute approximate surface area is 168 Å². The van der Waals surface area contributed by atoms with Crippen molar-refractivity contribution in [2.24, 2.45) is 0 Å². The molecular formula is C21H23N3O3S. The summed E-state index contributed by atoms with van der Waals surface area (Å²) in [4.78, 5) is 12.3. The van der Waals surface area contributed by atoms with Crippen molar-refractivity contribution in [3.05, 3.63) is 59.2 Å². The molecule has 0 spiro atoms. The van der Waals surface area contributed by atoms with Crippen LogP contribution in [0.3, 0.4) is 0 Å². The highest BCUT2D eigenvalue weighted by Crippen LogP contribution is 2.25. The predicted molar refractivity (Wildman–Crippen MR) is 109 cm³/mol. The Morgan fingerprint density at radius 2 is 1.89 bits per heavy atom. The number of carbonyl (C=O) groups excluding carboxylic acids is 1. The summed E-state index contributed by atoms with van der Waals surface area (Å²) >= 11 is 1.22. The smallest absolute Gasteiger partial charge is 0.277 e. The summed E-state index contributed by atoms with van der Waals surface area (Å²) < 4.78 is 10.8. The Morgan fingerprint density at radius 3 is 2.57 bits per heavy atom. The molecule has 1 aromatic heterocycles. The van der Waals surface area contributed by atoms with Crippen LogP contribution in [0.2, 0.25) is 0 Å². The monoisotopic (exact) mass is 397 g/mol. The molecule has 0 fully saturated rings. The molecule has 0 aliphatic rings. The third-order valence-corrected chi connectivity index (χ3v) is 5.30. The zero-order valence-corrected chi connectivity index (χ0v) is 17.2. The van der Waals surface area contributed by atoms with Crippen molar-refractivity contribution < 1.29 is 13.9 Å². The van der Waals surface area contributed by atoms with Crippen LogP contribution < -0.4 is 10.1 Å². The maximum atomic E-state index is 12.3. The maximum Gasteiger partial charge on any atom is 0.277 e. The fraction of sp³-hybridized carbons (Fsp3) is 0.286. The topological polar surface area (TPSA) is 77.2 Å². The van der Waals surface area contributed by atoms with Gasteiger partial charge in [0.2, 0.25) is 11.8 Å². The Kier molecular flexibility index (Phi) is 6.36. The number of aromatic nitrogens is 2. The average molecular weight is 398 g/mol. The second-order valence-electron chi connectivity index (χ2n) is 6.52. The molecule has 28 heavy (non-hydrogen) atoms. The summed E-state index contributed by atoms with van der Waals surface area (Å²) in [6, 6.07) is 13.5. The molecule has 1 amide bonds. The van der Waals surface area contributed by atoms with E-state index in [2.05, 4.69) is 41.5 Å². The molecule has 2 aromatic carbocycles. The largest absolute Gasteiger partial charge is 0.497 e. The van der Waals surface area contributed by atoms with Gasteiger partial charge in [-0.05, 0) is 61.7 Å². The minimum Gasteiger partial charge on any atom is -0.497 e. The molecule has 3 rings (SSSR count). The van der Waals surface area contributed by atoms with Gasteiger partial charge in [0, 0.05) is 5.56 Å². The number of aryl methyl sites for hydroxylation is 2. The van der Waals surface area contributed by atoms with Gasteiger partial charge in [0.15, 0.2) is 0 Å². The summed E-state index contributed by atoms with van der Waals surface area (Å²) in [5.74, 6) is 1.29. The average Bonchev–Trinajstić information content (AvgIpc) is 3.17. The summed E-state index contributed by atoms with van der Waals surface area (Å²) in [7, 11) is 1.61. The molecular weight excluding hydrogens is 374 g/mol. The van der Waals surface area contributed by atoms with E-state index in [1.807, 2.05) is 37.3 Å². The first-order valence-electron chi connectivity index (χ1n) is 8.93. The number of nitrogens with zero attached hydrogens (tertiary/aromatic N) is 2. The number of rotatable bonds is 7. The first-order valence-corrected chi connectivity index (χ1v) is 9.92. The van der Waals surface area contributed by atoms with Crippen molar-refractivity contribution >= 4 is 17.7 Å². The minimum absolute atomic E-state index is 0.0649.